The van der Waals surface area contributed by atoms with Crippen LogP contribution >= 0.6 is 0 Å². The predicted octanol–water partition coefficient (Wildman–Crippen LogP) is 3.91. The van der Waals surface area contributed by atoms with Crippen molar-refractivity contribution in [1.82, 2.24) is 0 Å². The number of hydrogen-bond acceptors (Lipinski definition) is 9. The lowest BCUT2D eigenvalue weighted by molar-refractivity contribution is -0.0250. The van der Waals surface area contributed by atoms with Crippen molar-refractivity contribution in [2.24, 2.45) is 0 Å². The van der Waals surface area contributed by atoms with Gasteiger partial charge in [-0.05, 0) is 12.8 Å². The number of hydrogen-bond donors (Lipinski definition) is 0. The Morgan fingerprint density at radius 3 is 0.722 bits per heavy atom. The lowest BCUT2D eigenvalue weighted by atomic mass is 10.2. The molecule has 9 heteroatoms. The van der Waals surface area contributed by atoms with Crippen molar-refractivity contribution in [3.8, 4) is 0 Å². The highest BCUT2D eigenvalue weighted by Crippen LogP contribution is 2.02. The highest BCUT2D eigenvalue weighted by atomic mass is 16.6. The van der Waals surface area contributed by atoms with Gasteiger partial charge in [0.2, 0.25) is 0 Å². The molecule has 36 heavy (non-hydrogen) atoms. The second kappa shape index (κ2) is 34.6. The summed E-state index contributed by atoms with van der Waals surface area (Å²) in [5.74, 6) is 0. The first-order valence-electron chi connectivity index (χ1n) is 14.1. The van der Waals surface area contributed by atoms with Crippen molar-refractivity contribution in [2.75, 3.05) is 119 Å². The van der Waals surface area contributed by atoms with Gasteiger partial charge < -0.3 is 42.6 Å². The Kier molecular flexibility index (Phi) is 34.3. The van der Waals surface area contributed by atoms with Crippen molar-refractivity contribution in [3.63, 3.8) is 0 Å². The minimum atomic E-state index is 0.543. The zero-order chi connectivity index (χ0) is 26.0. The highest BCUT2D eigenvalue weighted by molar-refractivity contribution is 4.42. The summed E-state index contributed by atoms with van der Waals surface area (Å²) in [5.41, 5.74) is 0. The number of rotatable bonds is 33. The summed E-state index contributed by atoms with van der Waals surface area (Å²) in [4.78, 5) is 0. The molecule has 0 aromatic rings. The largest absolute Gasteiger partial charge is 0.379 e. The number of unbranched alkanes of at least 4 members (excludes halogenated alkanes) is 5. The average molecular weight is 525 g/mol. The molecule has 9 nitrogen and oxygen atoms in total. The Bertz CT molecular complexity index is 341. The SMILES string of the molecule is CCCCCCCOCCOCCOCCOCCOCCOCCOCCOCCOCCCC. The van der Waals surface area contributed by atoms with Gasteiger partial charge in [0.05, 0.1) is 106 Å². The van der Waals surface area contributed by atoms with Gasteiger partial charge in [0.25, 0.3) is 0 Å². The maximum atomic E-state index is 5.55. The van der Waals surface area contributed by atoms with E-state index < -0.39 is 0 Å². The van der Waals surface area contributed by atoms with Gasteiger partial charge in [0, 0.05) is 13.2 Å². The fourth-order valence-corrected chi connectivity index (χ4v) is 2.92. The third kappa shape index (κ3) is 33.6. The monoisotopic (exact) mass is 524 g/mol. The van der Waals surface area contributed by atoms with Crippen LogP contribution in [0.15, 0.2) is 0 Å². The third-order valence-corrected chi connectivity index (χ3v) is 5.01. The molecular weight excluding hydrogens is 468 g/mol. The molecule has 0 aromatic heterocycles. The Balaban J connectivity index is 3.00. The van der Waals surface area contributed by atoms with E-state index in [9.17, 15) is 0 Å². The van der Waals surface area contributed by atoms with Crippen molar-refractivity contribution in [2.45, 2.75) is 58.8 Å². The first kappa shape index (κ1) is 35.6. The smallest absolute Gasteiger partial charge is 0.0701 e. The minimum absolute atomic E-state index is 0.543. The molecule has 0 N–H and O–H groups in total. The average Bonchev–Trinajstić information content (AvgIpc) is 2.89. The van der Waals surface area contributed by atoms with E-state index in [2.05, 4.69) is 13.8 Å². The molecule has 0 saturated heterocycles. The quantitative estimate of drug-likeness (QED) is 0.119. The van der Waals surface area contributed by atoms with Crippen LogP contribution in [0.3, 0.4) is 0 Å². The van der Waals surface area contributed by atoms with Crippen molar-refractivity contribution < 1.29 is 42.6 Å². The van der Waals surface area contributed by atoms with E-state index in [1.165, 1.54) is 25.7 Å². The minimum Gasteiger partial charge on any atom is -0.379 e. The summed E-state index contributed by atoms with van der Waals surface area (Å²) in [7, 11) is 0. The summed E-state index contributed by atoms with van der Waals surface area (Å²) in [6.45, 7) is 15.2. The van der Waals surface area contributed by atoms with E-state index in [1.54, 1.807) is 0 Å². The molecule has 0 aliphatic rings. The molecule has 0 radical (unpaired) electrons. The Hall–Kier alpha value is -0.360. The molecule has 0 heterocycles. The van der Waals surface area contributed by atoms with E-state index >= 15 is 0 Å². The molecule has 0 atom stereocenters. The van der Waals surface area contributed by atoms with E-state index in [0.29, 0.717) is 106 Å². The molecule has 0 fully saturated rings. The normalized spacial score (nSPS) is 11.5. The van der Waals surface area contributed by atoms with Crippen molar-refractivity contribution >= 4 is 0 Å². The topological polar surface area (TPSA) is 83.1 Å². The Labute approximate surface area is 220 Å². The molecule has 0 unspecified atom stereocenters. The van der Waals surface area contributed by atoms with Crippen LogP contribution in [0.1, 0.15) is 58.8 Å². The summed E-state index contributed by atoms with van der Waals surface area (Å²) in [6.07, 6.45) is 8.57. The molecular formula is C27H56O9. The second-order valence-electron chi connectivity index (χ2n) is 8.28. The van der Waals surface area contributed by atoms with E-state index in [0.717, 1.165) is 32.5 Å². The fourth-order valence-electron chi connectivity index (χ4n) is 2.92. The van der Waals surface area contributed by atoms with Gasteiger partial charge in [-0.15, -0.1) is 0 Å². The Morgan fingerprint density at radius 1 is 0.222 bits per heavy atom. The van der Waals surface area contributed by atoms with Crippen LogP contribution in [-0.4, -0.2) is 119 Å². The van der Waals surface area contributed by atoms with E-state index in [4.69, 9.17) is 42.6 Å². The summed E-state index contributed by atoms with van der Waals surface area (Å²) >= 11 is 0. The van der Waals surface area contributed by atoms with Gasteiger partial charge in [0.1, 0.15) is 0 Å². The Morgan fingerprint density at radius 2 is 0.444 bits per heavy atom. The van der Waals surface area contributed by atoms with Crippen molar-refractivity contribution in [1.29, 1.82) is 0 Å². The standard InChI is InChI=1S/C27H56O9/c1-3-5-7-8-9-11-29-13-15-31-17-19-33-21-23-35-25-27-36-26-24-34-22-20-32-18-16-30-14-12-28-10-6-4-2/h3-27H2,1-2H3. The molecule has 0 aliphatic heterocycles. The zero-order valence-corrected chi connectivity index (χ0v) is 23.4. The maximum absolute atomic E-state index is 5.55. The summed E-state index contributed by atoms with van der Waals surface area (Å²) in [5, 5.41) is 0. The first-order valence-corrected chi connectivity index (χ1v) is 14.1. The van der Waals surface area contributed by atoms with Crippen LogP contribution in [0.2, 0.25) is 0 Å². The van der Waals surface area contributed by atoms with Gasteiger partial charge in [-0.2, -0.15) is 0 Å². The fraction of sp³-hybridized carbons (Fsp3) is 1.00. The van der Waals surface area contributed by atoms with E-state index in [-0.39, 0.29) is 0 Å². The molecule has 0 bridgehead atoms. The van der Waals surface area contributed by atoms with Gasteiger partial charge >= 0.3 is 0 Å². The second-order valence-corrected chi connectivity index (χ2v) is 8.28. The van der Waals surface area contributed by atoms with Crippen LogP contribution in [-0.2, 0) is 42.6 Å². The molecule has 0 saturated carbocycles. The third-order valence-electron chi connectivity index (χ3n) is 5.01. The van der Waals surface area contributed by atoms with Gasteiger partial charge in [0.15, 0.2) is 0 Å². The van der Waals surface area contributed by atoms with Crippen LogP contribution < -0.4 is 0 Å². The molecule has 0 amide bonds. The van der Waals surface area contributed by atoms with Crippen molar-refractivity contribution in [3.05, 3.63) is 0 Å². The molecule has 218 valence electrons. The lowest BCUT2D eigenvalue weighted by Gasteiger charge is -2.09. The number of ether oxygens (including phenoxy) is 9. The molecule has 0 aliphatic carbocycles. The van der Waals surface area contributed by atoms with Crippen LogP contribution in [0.5, 0.6) is 0 Å². The predicted molar refractivity (Wildman–Crippen MR) is 141 cm³/mol. The first-order chi connectivity index (χ1) is 17.9. The van der Waals surface area contributed by atoms with Crippen LogP contribution in [0, 0.1) is 0 Å². The molecule has 0 rings (SSSR count). The van der Waals surface area contributed by atoms with Gasteiger partial charge in [-0.1, -0.05) is 46.0 Å². The molecule has 0 spiro atoms. The summed E-state index contributed by atoms with van der Waals surface area (Å²) in [6, 6.07) is 0. The lowest BCUT2D eigenvalue weighted by Crippen LogP contribution is -2.15. The van der Waals surface area contributed by atoms with E-state index in [1.807, 2.05) is 0 Å². The molecule has 0 aromatic carbocycles. The van der Waals surface area contributed by atoms with Gasteiger partial charge in [-0.25, -0.2) is 0 Å². The van der Waals surface area contributed by atoms with Crippen LogP contribution in [0.4, 0.5) is 0 Å². The zero-order valence-electron chi connectivity index (χ0n) is 23.4. The summed E-state index contributed by atoms with van der Waals surface area (Å²) < 4.78 is 49.2. The highest BCUT2D eigenvalue weighted by Gasteiger charge is 1.96. The van der Waals surface area contributed by atoms with Gasteiger partial charge in [-0.3, -0.25) is 0 Å². The maximum Gasteiger partial charge on any atom is 0.0701 e. The van der Waals surface area contributed by atoms with Crippen LogP contribution in [0.25, 0.3) is 0 Å².